The van der Waals surface area contributed by atoms with E-state index in [0.29, 0.717) is 19.1 Å². The Morgan fingerprint density at radius 3 is 2.28 bits per heavy atom. The second kappa shape index (κ2) is 9.75. The Kier molecular flexibility index (Phi) is 9.68. The lowest BCUT2D eigenvalue weighted by molar-refractivity contribution is 0.417. The summed E-state index contributed by atoms with van der Waals surface area (Å²) in [4.78, 5) is 0. The van der Waals surface area contributed by atoms with Gasteiger partial charge < -0.3 is 5.32 Å². The highest BCUT2D eigenvalue weighted by atomic mass is 32.2. The summed E-state index contributed by atoms with van der Waals surface area (Å²) in [5.41, 5.74) is 0. The average molecular weight is 278 g/mol. The molecule has 110 valence electrons. The van der Waals surface area contributed by atoms with Gasteiger partial charge in [0.05, 0.1) is 5.75 Å². The van der Waals surface area contributed by atoms with E-state index in [0.717, 1.165) is 32.2 Å². The van der Waals surface area contributed by atoms with Crippen molar-refractivity contribution in [3.05, 3.63) is 0 Å². The topological polar surface area (TPSA) is 49.4 Å². The van der Waals surface area contributed by atoms with Crippen molar-refractivity contribution < 1.29 is 8.42 Å². The van der Waals surface area contributed by atoms with Gasteiger partial charge in [-0.2, -0.15) is 0 Å². The number of sulfonamides is 1. The molecule has 0 aliphatic heterocycles. The zero-order valence-electron chi connectivity index (χ0n) is 12.4. The Balaban J connectivity index is 3.96. The molecule has 1 N–H and O–H groups in total. The first-order chi connectivity index (χ1) is 8.44. The van der Waals surface area contributed by atoms with Crippen molar-refractivity contribution in [1.29, 1.82) is 0 Å². The summed E-state index contributed by atoms with van der Waals surface area (Å²) in [7, 11) is -3.04. The van der Waals surface area contributed by atoms with Crippen LogP contribution in [0, 0.1) is 0 Å². The summed E-state index contributed by atoms with van der Waals surface area (Å²) in [6, 6.07) is 0.471. The number of hydrogen-bond acceptors (Lipinski definition) is 3. The lowest BCUT2D eigenvalue weighted by atomic mass is 10.3. The molecule has 5 heteroatoms. The molecule has 0 aromatic carbocycles. The molecule has 0 heterocycles. The van der Waals surface area contributed by atoms with Crippen LogP contribution in [-0.2, 0) is 10.0 Å². The first-order valence-corrected chi connectivity index (χ1v) is 8.76. The summed E-state index contributed by atoms with van der Waals surface area (Å²) in [5.74, 6) is 0.282. The highest BCUT2D eigenvalue weighted by molar-refractivity contribution is 7.89. The van der Waals surface area contributed by atoms with Crippen LogP contribution >= 0.6 is 0 Å². The Morgan fingerprint density at radius 2 is 1.78 bits per heavy atom. The van der Waals surface area contributed by atoms with Crippen molar-refractivity contribution in [2.75, 3.05) is 25.4 Å². The highest BCUT2D eigenvalue weighted by Crippen LogP contribution is 2.06. The molecule has 0 saturated carbocycles. The standard InChI is InChI=1S/C13H30N2O2S/c1-5-7-11-15(6-2)18(16,17)12-9-8-10-14-13(3)4/h13-14H,5-12H2,1-4H3. The average Bonchev–Trinajstić information content (AvgIpc) is 2.28. The van der Waals surface area contributed by atoms with Crippen molar-refractivity contribution >= 4 is 10.0 Å². The highest BCUT2D eigenvalue weighted by Gasteiger charge is 2.18. The van der Waals surface area contributed by atoms with E-state index in [9.17, 15) is 8.42 Å². The molecule has 0 saturated heterocycles. The summed E-state index contributed by atoms with van der Waals surface area (Å²) in [5, 5.41) is 3.30. The molecule has 0 aliphatic rings. The van der Waals surface area contributed by atoms with Crippen LogP contribution in [0.4, 0.5) is 0 Å². The molecular formula is C13H30N2O2S. The third-order valence-electron chi connectivity index (χ3n) is 2.89. The molecule has 0 unspecified atom stereocenters. The van der Waals surface area contributed by atoms with Crippen molar-refractivity contribution in [2.24, 2.45) is 0 Å². The van der Waals surface area contributed by atoms with Gasteiger partial charge >= 0.3 is 0 Å². The van der Waals surface area contributed by atoms with Gasteiger partial charge in [-0.15, -0.1) is 0 Å². The predicted molar refractivity (Wildman–Crippen MR) is 78.3 cm³/mol. The molecule has 0 spiro atoms. The summed E-state index contributed by atoms with van der Waals surface area (Å²) in [6.07, 6.45) is 3.64. The van der Waals surface area contributed by atoms with Gasteiger partial charge in [-0.3, -0.25) is 0 Å². The molecule has 0 radical (unpaired) electrons. The smallest absolute Gasteiger partial charge is 0.214 e. The largest absolute Gasteiger partial charge is 0.315 e. The van der Waals surface area contributed by atoms with Gasteiger partial charge in [0.15, 0.2) is 0 Å². The molecule has 0 bridgehead atoms. The minimum absolute atomic E-state index is 0.282. The number of nitrogens with one attached hydrogen (secondary N) is 1. The predicted octanol–water partition coefficient (Wildman–Crippen LogP) is 2.22. The van der Waals surface area contributed by atoms with Crippen LogP contribution in [0.15, 0.2) is 0 Å². The molecule has 0 fully saturated rings. The normalized spacial score (nSPS) is 12.6. The third kappa shape index (κ3) is 8.06. The number of nitrogens with zero attached hydrogens (tertiary/aromatic N) is 1. The van der Waals surface area contributed by atoms with Gasteiger partial charge in [0, 0.05) is 19.1 Å². The fraction of sp³-hybridized carbons (Fsp3) is 1.00. The van der Waals surface area contributed by atoms with Crippen molar-refractivity contribution in [3.8, 4) is 0 Å². The van der Waals surface area contributed by atoms with Crippen molar-refractivity contribution in [1.82, 2.24) is 9.62 Å². The molecule has 0 atom stereocenters. The first-order valence-electron chi connectivity index (χ1n) is 7.15. The minimum atomic E-state index is -3.04. The molecule has 0 aromatic heterocycles. The van der Waals surface area contributed by atoms with E-state index >= 15 is 0 Å². The van der Waals surface area contributed by atoms with E-state index in [2.05, 4.69) is 26.1 Å². The molecule has 0 amide bonds. The van der Waals surface area contributed by atoms with Gasteiger partial charge in [-0.1, -0.05) is 34.1 Å². The lowest BCUT2D eigenvalue weighted by Gasteiger charge is -2.20. The second-order valence-corrected chi connectivity index (χ2v) is 7.07. The van der Waals surface area contributed by atoms with E-state index in [1.165, 1.54) is 0 Å². The van der Waals surface area contributed by atoms with Crippen molar-refractivity contribution in [3.63, 3.8) is 0 Å². The molecule has 0 aliphatic carbocycles. The minimum Gasteiger partial charge on any atom is -0.315 e. The molecule has 0 rings (SSSR count). The van der Waals surface area contributed by atoms with Gasteiger partial charge in [-0.05, 0) is 25.8 Å². The zero-order chi connectivity index (χ0) is 14.0. The van der Waals surface area contributed by atoms with E-state index in [4.69, 9.17) is 0 Å². The Morgan fingerprint density at radius 1 is 1.11 bits per heavy atom. The van der Waals surface area contributed by atoms with Crippen LogP contribution in [0.5, 0.6) is 0 Å². The maximum atomic E-state index is 12.1. The van der Waals surface area contributed by atoms with Crippen LogP contribution in [0.1, 0.15) is 53.4 Å². The Hall–Kier alpha value is -0.130. The van der Waals surface area contributed by atoms with E-state index in [1.807, 2.05) is 6.92 Å². The maximum Gasteiger partial charge on any atom is 0.214 e. The SMILES string of the molecule is CCCCN(CC)S(=O)(=O)CCCCNC(C)C. The van der Waals surface area contributed by atoms with Crippen LogP contribution in [0.2, 0.25) is 0 Å². The quantitative estimate of drug-likeness (QED) is 0.590. The summed E-state index contributed by atoms with van der Waals surface area (Å²) < 4.78 is 25.8. The second-order valence-electron chi connectivity index (χ2n) is 4.98. The van der Waals surface area contributed by atoms with Crippen LogP contribution in [0.25, 0.3) is 0 Å². The third-order valence-corrected chi connectivity index (χ3v) is 4.92. The number of unbranched alkanes of at least 4 members (excludes halogenated alkanes) is 2. The fourth-order valence-electron chi connectivity index (χ4n) is 1.76. The monoisotopic (exact) mass is 278 g/mol. The maximum absolute atomic E-state index is 12.1. The molecule has 0 aromatic rings. The van der Waals surface area contributed by atoms with Gasteiger partial charge in [-0.25, -0.2) is 12.7 Å². The summed E-state index contributed by atoms with van der Waals surface area (Å²) >= 11 is 0. The van der Waals surface area contributed by atoms with E-state index in [1.54, 1.807) is 4.31 Å². The molecule has 18 heavy (non-hydrogen) atoms. The van der Waals surface area contributed by atoms with Gasteiger partial charge in [0.25, 0.3) is 0 Å². The van der Waals surface area contributed by atoms with Gasteiger partial charge in [0.1, 0.15) is 0 Å². The Labute approximate surface area is 113 Å². The molecule has 4 nitrogen and oxygen atoms in total. The van der Waals surface area contributed by atoms with Crippen molar-refractivity contribution in [2.45, 2.75) is 59.4 Å². The van der Waals surface area contributed by atoms with E-state index < -0.39 is 10.0 Å². The van der Waals surface area contributed by atoms with Crippen LogP contribution in [0.3, 0.4) is 0 Å². The fourth-order valence-corrected chi connectivity index (χ4v) is 3.39. The summed E-state index contributed by atoms with van der Waals surface area (Å²) in [6.45, 7) is 10.3. The first kappa shape index (κ1) is 17.9. The van der Waals surface area contributed by atoms with Gasteiger partial charge in [0.2, 0.25) is 10.0 Å². The van der Waals surface area contributed by atoms with Crippen LogP contribution in [-0.4, -0.2) is 44.2 Å². The van der Waals surface area contributed by atoms with Crippen LogP contribution < -0.4 is 5.32 Å². The Bertz CT molecular complexity index is 289. The lowest BCUT2D eigenvalue weighted by Crippen LogP contribution is -2.34. The molecular weight excluding hydrogens is 248 g/mol. The number of rotatable bonds is 11. The van der Waals surface area contributed by atoms with E-state index in [-0.39, 0.29) is 5.75 Å². The number of hydrogen-bond donors (Lipinski definition) is 1. The zero-order valence-corrected chi connectivity index (χ0v) is 13.2.